The summed E-state index contributed by atoms with van der Waals surface area (Å²) in [6.07, 6.45) is 7.86. The predicted molar refractivity (Wildman–Crippen MR) is 124 cm³/mol. The molecule has 2 amide bonds. The van der Waals surface area contributed by atoms with Crippen LogP contribution >= 0.6 is 11.3 Å². The van der Waals surface area contributed by atoms with Crippen LogP contribution in [0.5, 0.6) is 0 Å². The van der Waals surface area contributed by atoms with Gasteiger partial charge in [0.1, 0.15) is 0 Å². The molecule has 160 valence electrons. The average Bonchev–Trinajstić information content (AvgIpc) is 3.15. The standard InChI is InChI=1S/C24H31N3O2S/c1-17(28)27(19-10-6-5-7-11-19)23-25-18(16-30-23)14-15-22(29)26-21-13-9-8-12-20(21)24(2,3)4/h5-7,10-11,14-16,20-21H,8-9,12-13H2,1-4H3,(H,26,29)/b15-14+. The number of benzene rings is 1. The minimum absolute atomic E-state index is 0.0859. The molecule has 3 rings (SSSR count). The second kappa shape index (κ2) is 9.56. The van der Waals surface area contributed by atoms with Crippen LogP contribution in [0.1, 0.15) is 59.1 Å². The van der Waals surface area contributed by atoms with Gasteiger partial charge < -0.3 is 5.32 Å². The zero-order valence-electron chi connectivity index (χ0n) is 18.2. The third-order valence-corrected chi connectivity index (χ3v) is 6.49. The van der Waals surface area contributed by atoms with Crippen LogP contribution in [-0.2, 0) is 9.59 Å². The van der Waals surface area contributed by atoms with Gasteiger partial charge in [0.25, 0.3) is 0 Å². The Labute approximate surface area is 183 Å². The van der Waals surface area contributed by atoms with Crippen LogP contribution in [-0.4, -0.2) is 22.8 Å². The Hall–Kier alpha value is -2.47. The van der Waals surface area contributed by atoms with Crippen molar-refractivity contribution in [3.05, 3.63) is 47.5 Å². The molecule has 1 saturated carbocycles. The Morgan fingerprint density at radius 1 is 1.17 bits per heavy atom. The molecular weight excluding hydrogens is 394 g/mol. The highest BCUT2D eigenvalue weighted by molar-refractivity contribution is 7.14. The topological polar surface area (TPSA) is 62.3 Å². The van der Waals surface area contributed by atoms with Crippen LogP contribution < -0.4 is 10.2 Å². The fourth-order valence-corrected chi connectivity index (χ4v) is 5.05. The molecule has 30 heavy (non-hydrogen) atoms. The Bertz CT molecular complexity index is 899. The first-order valence-corrected chi connectivity index (χ1v) is 11.4. The molecule has 2 unspecified atom stereocenters. The van der Waals surface area contributed by atoms with Gasteiger partial charge in [-0.25, -0.2) is 4.98 Å². The van der Waals surface area contributed by atoms with Crippen molar-refractivity contribution in [1.82, 2.24) is 10.3 Å². The zero-order chi connectivity index (χ0) is 21.7. The summed E-state index contributed by atoms with van der Waals surface area (Å²) in [5.41, 5.74) is 1.63. The number of carbonyl (C=O) groups is 2. The fraction of sp³-hybridized carbons (Fsp3) is 0.458. The molecule has 0 aliphatic heterocycles. The van der Waals surface area contributed by atoms with Crippen LogP contribution in [0.15, 0.2) is 41.8 Å². The molecule has 5 nitrogen and oxygen atoms in total. The lowest BCUT2D eigenvalue weighted by Gasteiger charge is -2.40. The number of para-hydroxylation sites is 1. The summed E-state index contributed by atoms with van der Waals surface area (Å²) >= 11 is 1.38. The molecule has 6 heteroatoms. The Kier molecular flexibility index (Phi) is 7.08. The Morgan fingerprint density at radius 3 is 2.53 bits per heavy atom. The van der Waals surface area contributed by atoms with Crippen LogP contribution in [0.2, 0.25) is 0 Å². The summed E-state index contributed by atoms with van der Waals surface area (Å²) in [4.78, 5) is 30.8. The van der Waals surface area contributed by atoms with Crippen molar-refractivity contribution in [3.63, 3.8) is 0 Å². The molecule has 0 saturated heterocycles. The number of hydrogen-bond donors (Lipinski definition) is 1. The molecule has 1 aromatic carbocycles. The highest BCUT2D eigenvalue weighted by Crippen LogP contribution is 2.38. The number of aromatic nitrogens is 1. The maximum absolute atomic E-state index is 12.5. The van der Waals surface area contributed by atoms with Crippen molar-refractivity contribution < 1.29 is 9.59 Å². The maximum atomic E-state index is 12.5. The van der Waals surface area contributed by atoms with Gasteiger partial charge in [-0.05, 0) is 42.4 Å². The fourth-order valence-electron chi connectivity index (χ4n) is 4.19. The number of amides is 2. The molecule has 2 aromatic rings. The first-order chi connectivity index (χ1) is 14.3. The van der Waals surface area contributed by atoms with E-state index in [1.807, 2.05) is 35.7 Å². The summed E-state index contributed by atoms with van der Waals surface area (Å²) in [7, 11) is 0. The van der Waals surface area contributed by atoms with Crippen LogP contribution in [0.4, 0.5) is 10.8 Å². The third-order valence-electron chi connectivity index (χ3n) is 5.64. The smallest absolute Gasteiger partial charge is 0.244 e. The molecule has 1 aliphatic rings. The second-order valence-electron chi connectivity index (χ2n) is 8.95. The summed E-state index contributed by atoms with van der Waals surface area (Å²) < 4.78 is 0. The molecule has 0 bridgehead atoms. The monoisotopic (exact) mass is 425 g/mol. The molecular formula is C24H31N3O2S. The van der Waals surface area contributed by atoms with Crippen molar-refractivity contribution in [1.29, 1.82) is 0 Å². The lowest BCUT2D eigenvalue weighted by atomic mass is 9.69. The number of nitrogens with one attached hydrogen (secondary N) is 1. The molecule has 1 N–H and O–H groups in total. The highest BCUT2D eigenvalue weighted by Gasteiger charge is 2.34. The van der Waals surface area contributed by atoms with Gasteiger partial charge in [0.15, 0.2) is 5.13 Å². The quantitative estimate of drug-likeness (QED) is 0.638. The first-order valence-electron chi connectivity index (χ1n) is 10.6. The number of anilines is 2. The Balaban J connectivity index is 1.67. The van der Waals surface area contributed by atoms with E-state index in [1.54, 1.807) is 17.1 Å². The second-order valence-corrected chi connectivity index (χ2v) is 9.79. The average molecular weight is 426 g/mol. The molecule has 1 fully saturated rings. The summed E-state index contributed by atoms with van der Waals surface area (Å²) in [5, 5.41) is 5.65. The van der Waals surface area contributed by atoms with Gasteiger partial charge in [0, 0.05) is 24.4 Å². The van der Waals surface area contributed by atoms with Crippen molar-refractivity contribution in [2.45, 2.75) is 59.4 Å². The Morgan fingerprint density at radius 2 is 1.87 bits per heavy atom. The molecule has 0 spiro atoms. The summed E-state index contributed by atoms with van der Waals surface area (Å²) in [6.45, 7) is 8.28. The largest absolute Gasteiger partial charge is 0.350 e. The van der Waals surface area contributed by atoms with Crippen molar-refractivity contribution in [2.75, 3.05) is 4.90 Å². The van der Waals surface area contributed by atoms with E-state index in [9.17, 15) is 9.59 Å². The highest BCUT2D eigenvalue weighted by atomic mass is 32.1. The first kappa shape index (κ1) is 22.2. The van der Waals surface area contributed by atoms with Crippen molar-refractivity contribution in [3.8, 4) is 0 Å². The number of thiazole rings is 1. The van der Waals surface area contributed by atoms with Gasteiger partial charge in [-0.15, -0.1) is 11.3 Å². The van der Waals surface area contributed by atoms with Gasteiger partial charge in [-0.3, -0.25) is 14.5 Å². The van der Waals surface area contributed by atoms with Crippen LogP contribution in [0.3, 0.4) is 0 Å². The van der Waals surface area contributed by atoms with Crippen LogP contribution in [0.25, 0.3) is 6.08 Å². The number of hydrogen-bond acceptors (Lipinski definition) is 4. The zero-order valence-corrected chi connectivity index (χ0v) is 19.0. The van der Waals surface area contributed by atoms with Crippen molar-refractivity contribution >= 4 is 40.0 Å². The SMILES string of the molecule is CC(=O)N(c1ccccc1)c1nc(/C=C/C(=O)NC2CCCCC2C(C)(C)C)cs1. The van der Waals surface area contributed by atoms with Gasteiger partial charge in [-0.1, -0.05) is 51.8 Å². The van der Waals surface area contributed by atoms with E-state index in [2.05, 4.69) is 31.1 Å². The van der Waals surface area contributed by atoms with E-state index in [-0.39, 0.29) is 23.3 Å². The minimum Gasteiger partial charge on any atom is -0.350 e. The molecule has 2 atom stereocenters. The summed E-state index contributed by atoms with van der Waals surface area (Å²) in [5.74, 6) is 0.302. The van der Waals surface area contributed by atoms with E-state index >= 15 is 0 Å². The predicted octanol–water partition coefficient (Wildman–Crippen LogP) is 5.56. The molecule has 0 radical (unpaired) electrons. The lowest BCUT2D eigenvalue weighted by molar-refractivity contribution is -0.118. The van der Waals surface area contributed by atoms with E-state index in [0.29, 0.717) is 16.7 Å². The van der Waals surface area contributed by atoms with Gasteiger partial charge >= 0.3 is 0 Å². The van der Waals surface area contributed by atoms with E-state index in [4.69, 9.17) is 0 Å². The third kappa shape index (κ3) is 5.57. The van der Waals surface area contributed by atoms with E-state index in [1.165, 1.54) is 24.7 Å². The van der Waals surface area contributed by atoms with Gasteiger partial charge in [-0.2, -0.15) is 0 Å². The van der Waals surface area contributed by atoms with Crippen LogP contribution in [0, 0.1) is 11.3 Å². The lowest BCUT2D eigenvalue weighted by Crippen LogP contribution is -2.46. The molecule has 1 heterocycles. The molecule has 1 aliphatic carbocycles. The molecule has 1 aromatic heterocycles. The van der Waals surface area contributed by atoms with Gasteiger partial charge in [0.2, 0.25) is 11.8 Å². The van der Waals surface area contributed by atoms with E-state index < -0.39 is 0 Å². The number of nitrogens with zero attached hydrogens (tertiary/aromatic N) is 2. The van der Waals surface area contributed by atoms with Gasteiger partial charge in [0.05, 0.1) is 11.4 Å². The minimum atomic E-state index is -0.102. The summed E-state index contributed by atoms with van der Waals surface area (Å²) in [6, 6.07) is 9.66. The van der Waals surface area contributed by atoms with Crippen molar-refractivity contribution in [2.24, 2.45) is 11.3 Å². The normalized spacial score (nSPS) is 19.6. The maximum Gasteiger partial charge on any atom is 0.244 e. The number of carbonyl (C=O) groups excluding carboxylic acids is 2. The number of rotatable bonds is 5. The van der Waals surface area contributed by atoms with E-state index in [0.717, 1.165) is 24.9 Å².